The zero-order valence-electron chi connectivity index (χ0n) is 9.60. The molecular formula is C12H9ClF3NO. The van der Waals surface area contributed by atoms with Crippen molar-refractivity contribution in [3.05, 3.63) is 34.5 Å². The van der Waals surface area contributed by atoms with Gasteiger partial charge < -0.3 is 4.74 Å². The maximum absolute atomic E-state index is 12.2. The van der Waals surface area contributed by atoms with Crippen molar-refractivity contribution in [2.45, 2.75) is 20.2 Å². The molecule has 6 heteroatoms. The van der Waals surface area contributed by atoms with Gasteiger partial charge in [0.05, 0.1) is 10.5 Å². The number of aryl methyl sites for hydroxylation is 2. The summed E-state index contributed by atoms with van der Waals surface area (Å²) in [6.45, 7) is 3.39. The molecule has 0 radical (unpaired) electrons. The Morgan fingerprint density at radius 2 is 1.83 bits per heavy atom. The summed E-state index contributed by atoms with van der Waals surface area (Å²) < 4.78 is 40.4. The van der Waals surface area contributed by atoms with Gasteiger partial charge >= 0.3 is 6.36 Å². The number of nitrogens with zero attached hydrogens (tertiary/aromatic N) is 1. The number of halogens is 4. The minimum absolute atomic E-state index is 0.290. The highest BCUT2D eigenvalue weighted by molar-refractivity contribution is 6.36. The average Bonchev–Trinajstić information content (AvgIpc) is 2.21. The van der Waals surface area contributed by atoms with E-state index in [2.05, 4.69) is 9.72 Å². The minimum atomic E-state index is -4.72. The van der Waals surface area contributed by atoms with Crippen LogP contribution in [0.3, 0.4) is 0 Å². The molecule has 0 aliphatic carbocycles. The summed E-state index contributed by atoms with van der Waals surface area (Å²) in [7, 11) is 0. The molecule has 0 saturated heterocycles. The van der Waals surface area contributed by atoms with Crippen molar-refractivity contribution in [3.8, 4) is 5.75 Å². The maximum atomic E-state index is 12.2. The lowest BCUT2D eigenvalue weighted by atomic mass is 10.1. The quantitative estimate of drug-likeness (QED) is 0.769. The van der Waals surface area contributed by atoms with Crippen LogP contribution < -0.4 is 4.74 Å². The smallest absolute Gasteiger partial charge is 0.406 e. The third kappa shape index (κ3) is 2.51. The lowest BCUT2D eigenvalue weighted by molar-refractivity contribution is -0.274. The van der Waals surface area contributed by atoms with Crippen LogP contribution in [0, 0.1) is 13.8 Å². The predicted octanol–water partition coefficient (Wildman–Crippen LogP) is 4.40. The third-order valence-electron chi connectivity index (χ3n) is 2.48. The first-order chi connectivity index (χ1) is 8.28. The summed E-state index contributed by atoms with van der Waals surface area (Å²) >= 11 is 6.06. The molecule has 0 N–H and O–H groups in total. The fourth-order valence-electron chi connectivity index (χ4n) is 1.71. The van der Waals surface area contributed by atoms with Gasteiger partial charge in [-0.25, -0.2) is 0 Å². The van der Waals surface area contributed by atoms with Gasteiger partial charge in [-0.15, -0.1) is 13.2 Å². The highest BCUT2D eigenvalue weighted by Crippen LogP contribution is 2.33. The second-order valence-electron chi connectivity index (χ2n) is 3.94. The summed E-state index contributed by atoms with van der Waals surface area (Å²) in [5.74, 6) is -0.290. The van der Waals surface area contributed by atoms with Crippen molar-refractivity contribution in [1.29, 1.82) is 0 Å². The zero-order valence-corrected chi connectivity index (χ0v) is 10.4. The van der Waals surface area contributed by atoms with Crippen molar-refractivity contribution in [2.75, 3.05) is 0 Å². The molecule has 0 unspecified atom stereocenters. The molecule has 0 aliphatic heterocycles. The van der Waals surface area contributed by atoms with E-state index in [9.17, 15) is 13.2 Å². The fourth-order valence-corrected chi connectivity index (χ4v) is 1.90. The number of benzene rings is 1. The van der Waals surface area contributed by atoms with Crippen LogP contribution in [-0.4, -0.2) is 11.3 Å². The Bertz CT molecular complexity index is 610. The van der Waals surface area contributed by atoms with E-state index in [0.29, 0.717) is 27.1 Å². The Morgan fingerprint density at radius 3 is 2.44 bits per heavy atom. The summed E-state index contributed by atoms with van der Waals surface area (Å²) in [5.41, 5.74) is 1.85. The highest BCUT2D eigenvalue weighted by Gasteiger charge is 2.31. The predicted molar refractivity (Wildman–Crippen MR) is 62.9 cm³/mol. The Labute approximate surface area is 106 Å². The first-order valence-electron chi connectivity index (χ1n) is 5.09. The largest absolute Gasteiger partial charge is 0.573 e. The van der Waals surface area contributed by atoms with Crippen molar-refractivity contribution in [1.82, 2.24) is 4.98 Å². The van der Waals surface area contributed by atoms with Gasteiger partial charge in [-0.2, -0.15) is 0 Å². The number of aromatic nitrogens is 1. The Hall–Kier alpha value is -1.49. The van der Waals surface area contributed by atoms with Crippen LogP contribution in [0.2, 0.25) is 5.02 Å². The topological polar surface area (TPSA) is 22.1 Å². The van der Waals surface area contributed by atoms with Gasteiger partial charge in [0.25, 0.3) is 0 Å². The first kappa shape index (κ1) is 13.0. The van der Waals surface area contributed by atoms with Gasteiger partial charge in [0.1, 0.15) is 5.75 Å². The van der Waals surface area contributed by atoms with E-state index in [4.69, 9.17) is 11.6 Å². The molecule has 2 rings (SSSR count). The number of pyridine rings is 1. The second-order valence-corrected chi connectivity index (χ2v) is 4.32. The van der Waals surface area contributed by atoms with Crippen LogP contribution >= 0.6 is 11.6 Å². The SMILES string of the molecule is Cc1cnc2c(C)cc(OC(F)(F)F)cc2c1Cl. The number of hydrogen-bond acceptors (Lipinski definition) is 2. The molecule has 1 aromatic carbocycles. The molecule has 0 aliphatic rings. The van der Waals surface area contributed by atoms with Crippen LogP contribution in [0.4, 0.5) is 13.2 Å². The Morgan fingerprint density at radius 1 is 1.17 bits per heavy atom. The van der Waals surface area contributed by atoms with E-state index in [1.807, 2.05) is 0 Å². The van der Waals surface area contributed by atoms with Gasteiger partial charge in [0.2, 0.25) is 0 Å². The van der Waals surface area contributed by atoms with Gasteiger partial charge in [0, 0.05) is 11.6 Å². The number of rotatable bonds is 1. The molecule has 1 aromatic heterocycles. The van der Waals surface area contributed by atoms with Gasteiger partial charge in [-0.05, 0) is 37.1 Å². The number of ether oxygens (including phenoxy) is 1. The number of alkyl halides is 3. The van der Waals surface area contributed by atoms with E-state index >= 15 is 0 Å². The minimum Gasteiger partial charge on any atom is -0.406 e. The zero-order chi connectivity index (χ0) is 13.5. The van der Waals surface area contributed by atoms with E-state index in [1.165, 1.54) is 12.1 Å². The number of hydrogen-bond donors (Lipinski definition) is 0. The summed E-state index contributed by atoms with van der Waals surface area (Å²) in [5, 5.41) is 0.839. The van der Waals surface area contributed by atoms with Crippen molar-refractivity contribution in [3.63, 3.8) is 0 Å². The van der Waals surface area contributed by atoms with E-state index < -0.39 is 6.36 Å². The summed E-state index contributed by atoms with van der Waals surface area (Å²) in [4.78, 5) is 4.16. The van der Waals surface area contributed by atoms with Crippen LogP contribution in [0.1, 0.15) is 11.1 Å². The first-order valence-corrected chi connectivity index (χ1v) is 5.47. The van der Waals surface area contributed by atoms with Crippen molar-refractivity contribution < 1.29 is 17.9 Å². The normalized spacial score (nSPS) is 11.9. The molecule has 0 atom stereocenters. The van der Waals surface area contributed by atoms with Crippen LogP contribution in [0.25, 0.3) is 10.9 Å². The molecule has 1 heterocycles. The molecule has 0 fully saturated rings. The van der Waals surface area contributed by atoms with Crippen molar-refractivity contribution >= 4 is 22.5 Å². The van der Waals surface area contributed by atoms with E-state index in [-0.39, 0.29) is 5.75 Å². The van der Waals surface area contributed by atoms with Gasteiger partial charge in [-0.3, -0.25) is 4.98 Å². The lowest BCUT2D eigenvalue weighted by Gasteiger charge is -2.12. The summed E-state index contributed by atoms with van der Waals surface area (Å²) in [6.07, 6.45) is -3.13. The highest BCUT2D eigenvalue weighted by atomic mass is 35.5. The fraction of sp³-hybridized carbons (Fsp3) is 0.250. The summed E-state index contributed by atoms with van der Waals surface area (Å²) in [6, 6.07) is 2.53. The molecule has 0 saturated carbocycles. The average molecular weight is 276 g/mol. The third-order valence-corrected chi connectivity index (χ3v) is 2.98. The standard InChI is InChI=1S/C12H9ClF3NO/c1-6-3-8(18-12(14,15)16)4-9-10(13)7(2)5-17-11(6)9/h3-5H,1-2H3. The Kier molecular flexibility index (Phi) is 3.11. The molecule has 2 nitrogen and oxygen atoms in total. The molecule has 0 spiro atoms. The van der Waals surface area contributed by atoms with Gasteiger partial charge in [0.15, 0.2) is 0 Å². The molecule has 96 valence electrons. The monoisotopic (exact) mass is 275 g/mol. The second kappa shape index (κ2) is 4.31. The molecule has 0 bridgehead atoms. The van der Waals surface area contributed by atoms with E-state index in [0.717, 1.165) is 0 Å². The van der Waals surface area contributed by atoms with Crippen LogP contribution in [-0.2, 0) is 0 Å². The number of fused-ring (bicyclic) bond motifs is 1. The molecule has 2 aromatic rings. The van der Waals surface area contributed by atoms with Crippen molar-refractivity contribution in [2.24, 2.45) is 0 Å². The van der Waals surface area contributed by atoms with E-state index in [1.54, 1.807) is 20.0 Å². The lowest BCUT2D eigenvalue weighted by Crippen LogP contribution is -2.17. The molecule has 0 amide bonds. The van der Waals surface area contributed by atoms with Crippen LogP contribution in [0.5, 0.6) is 5.75 Å². The molecule has 18 heavy (non-hydrogen) atoms. The van der Waals surface area contributed by atoms with Crippen LogP contribution in [0.15, 0.2) is 18.3 Å². The maximum Gasteiger partial charge on any atom is 0.573 e. The van der Waals surface area contributed by atoms with Gasteiger partial charge in [-0.1, -0.05) is 11.6 Å². The Balaban J connectivity index is 2.63. The molecular weight excluding hydrogens is 267 g/mol.